The zero-order valence-electron chi connectivity index (χ0n) is 45.9. The lowest BCUT2D eigenvalue weighted by atomic mass is 10.1. The maximum Gasteiger partial charge on any atom is 0.303 e. The number of aliphatic hydroxyl groups is 2. The molecule has 3 fully saturated rings. The second kappa shape index (κ2) is 41.7. The molecule has 0 spiro atoms. The van der Waals surface area contributed by atoms with E-state index < -0.39 is 14.5 Å². The fourth-order valence-corrected chi connectivity index (χ4v) is 10.5. The lowest BCUT2D eigenvalue weighted by Crippen LogP contribution is -3.05. The van der Waals surface area contributed by atoms with E-state index in [1.807, 2.05) is 9.80 Å². The van der Waals surface area contributed by atoms with Crippen LogP contribution in [0.1, 0.15) is 170 Å². The molecule has 69 heavy (non-hydrogen) atoms. The van der Waals surface area contributed by atoms with Crippen LogP contribution in [0.25, 0.3) is 0 Å². The van der Waals surface area contributed by atoms with E-state index in [9.17, 15) is 19.5 Å². The SMILES string of the molecule is CC[C@@H]1C[C@@H](O)CN1.CC[C@@H]1C[C@@H](O)CN1C(=O)CCCCCN(C)C.CC[C@@H]1C[C@@H](OP(OCCC#N)N(C(C)C)C(C)C)CN1C(=O)CCCCCN(C)C.C[NH+](C)CCCCCC(=O)O.[Cl-]. The van der Waals surface area contributed by atoms with Crippen molar-refractivity contribution in [3.05, 3.63) is 0 Å². The molecule has 3 rings (SSSR count). The van der Waals surface area contributed by atoms with Crippen LogP contribution in [-0.4, -0.2) is 194 Å². The second-order valence-electron chi connectivity index (χ2n) is 20.4. The highest BCUT2D eigenvalue weighted by atomic mass is 35.5. The number of nitriles is 1. The van der Waals surface area contributed by atoms with E-state index in [2.05, 4.69) is 117 Å². The number of hydrogen-bond donors (Lipinski definition) is 5. The molecule has 0 radical (unpaired) electrons. The van der Waals surface area contributed by atoms with Crippen LogP contribution in [0.4, 0.5) is 0 Å². The van der Waals surface area contributed by atoms with Crippen LogP contribution in [0.15, 0.2) is 0 Å². The number of aliphatic carboxylic acids is 1. The first-order valence-electron chi connectivity index (χ1n) is 26.4. The predicted octanol–water partition coefficient (Wildman–Crippen LogP) is 3.16. The van der Waals surface area contributed by atoms with Gasteiger partial charge in [-0.05, 0) is 152 Å². The fourth-order valence-electron chi connectivity index (χ4n) is 8.74. The zero-order chi connectivity index (χ0) is 51.6. The van der Waals surface area contributed by atoms with E-state index in [1.165, 1.54) is 4.90 Å². The van der Waals surface area contributed by atoms with E-state index in [-0.39, 0.29) is 66.7 Å². The van der Waals surface area contributed by atoms with Crippen LogP contribution < -0.4 is 22.6 Å². The van der Waals surface area contributed by atoms with E-state index in [4.69, 9.17) is 24.5 Å². The number of nitrogens with one attached hydrogen (secondary N) is 2. The minimum Gasteiger partial charge on any atom is -1.00 e. The molecule has 408 valence electrons. The van der Waals surface area contributed by atoms with Crippen LogP contribution in [0, 0.1) is 11.3 Å². The number of unbranched alkanes of at least 4 members (excludes halogenated alkanes) is 6. The summed E-state index contributed by atoms with van der Waals surface area (Å²) in [5, 5.41) is 39.0. The van der Waals surface area contributed by atoms with Crippen molar-refractivity contribution < 1.29 is 56.1 Å². The molecular weight excluding hydrogens is 919 g/mol. The summed E-state index contributed by atoms with van der Waals surface area (Å²) in [6, 6.07) is 3.76. The molecule has 7 atom stereocenters. The van der Waals surface area contributed by atoms with Gasteiger partial charge >= 0.3 is 5.97 Å². The van der Waals surface area contributed by atoms with Gasteiger partial charge in [-0.3, -0.25) is 14.4 Å². The largest absolute Gasteiger partial charge is 1.00 e. The molecule has 0 aliphatic carbocycles. The van der Waals surface area contributed by atoms with Crippen molar-refractivity contribution in [3.63, 3.8) is 0 Å². The Labute approximate surface area is 428 Å². The van der Waals surface area contributed by atoms with E-state index >= 15 is 0 Å². The molecule has 3 aliphatic rings. The molecule has 0 aromatic rings. The number of nitrogens with zero attached hydrogens (tertiary/aromatic N) is 6. The zero-order valence-corrected chi connectivity index (χ0v) is 47.5. The Morgan fingerprint density at radius 1 is 0.739 bits per heavy atom. The maximum atomic E-state index is 12.9. The average Bonchev–Trinajstić information content (AvgIpc) is 4.00. The van der Waals surface area contributed by atoms with Crippen molar-refractivity contribution in [3.8, 4) is 6.07 Å². The first-order valence-corrected chi connectivity index (χ1v) is 27.6. The molecule has 1 unspecified atom stereocenters. The summed E-state index contributed by atoms with van der Waals surface area (Å²) in [6.07, 6.45) is 16.5. The van der Waals surface area contributed by atoms with Crippen molar-refractivity contribution in [1.29, 1.82) is 5.26 Å². The van der Waals surface area contributed by atoms with E-state index in [0.717, 1.165) is 122 Å². The van der Waals surface area contributed by atoms with Gasteiger partial charge in [-0.15, -0.1) is 0 Å². The summed E-state index contributed by atoms with van der Waals surface area (Å²) in [6.45, 7) is 20.6. The molecule has 3 heterocycles. The summed E-state index contributed by atoms with van der Waals surface area (Å²) < 4.78 is 14.8. The highest BCUT2D eigenvalue weighted by molar-refractivity contribution is 7.44. The summed E-state index contributed by atoms with van der Waals surface area (Å²) >= 11 is 0. The highest BCUT2D eigenvalue weighted by Crippen LogP contribution is 2.48. The minimum absolute atomic E-state index is 0. The number of β-amino-alcohol motifs (C(OH)–C–C–N with tert-alkyl or cyclic N) is 2. The van der Waals surface area contributed by atoms with Gasteiger partial charge in [0.25, 0.3) is 8.53 Å². The maximum absolute atomic E-state index is 12.9. The standard InChI is InChI=1S/C23H45N4O3P.C14H28N2O2.C8H17NO2.C6H13NO.ClH/c1-8-21-17-22(18-26(21)23(28)13-10-9-11-15-25(6)7)30-31(29-16-12-14-24)27(19(2)3)20(4)5;1-4-12-10-13(17)11-16(12)14(18)8-6-5-7-9-15(2)3;1-9(2)7-5-3-4-6-8(10)11;1-2-5-3-6(8)4-7-5;/h19-22H,8-13,15-18H2,1-7H3;12-13,17H,4-11H2,1-3H3;3-7H2,1-2H3,(H,10,11);5-8H,2-4H2,1H3;1H/t21-,22-,31?;12-,13-;;5-,6-;/m11.1./s1. The van der Waals surface area contributed by atoms with Gasteiger partial charge in [0.05, 0.1) is 58.0 Å². The molecule has 18 heteroatoms. The van der Waals surface area contributed by atoms with Gasteiger partial charge in [0.15, 0.2) is 0 Å². The van der Waals surface area contributed by atoms with Crippen molar-refractivity contribution in [2.45, 2.75) is 219 Å². The van der Waals surface area contributed by atoms with Crippen LogP contribution in [0.2, 0.25) is 0 Å². The Morgan fingerprint density at radius 2 is 1.25 bits per heavy atom. The Bertz CT molecular complexity index is 1340. The third-order valence-electron chi connectivity index (χ3n) is 12.5. The van der Waals surface area contributed by atoms with Gasteiger partial charge in [0.2, 0.25) is 11.8 Å². The minimum atomic E-state index is -1.27. The van der Waals surface area contributed by atoms with Crippen LogP contribution in [0.5, 0.6) is 0 Å². The fraction of sp³-hybridized carbons (Fsp3) is 0.922. The number of hydrogen-bond acceptors (Lipinski definition) is 12. The van der Waals surface area contributed by atoms with Gasteiger partial charge in [-0.2, -0.15) is 5.26 Å². The Kier molecular flexibility index (Phi) is 41.9. The normalized spacial score (nSPS) is 21.4. The summed E-state index contributed by atoms with van der Waals surface area (Å²) in [4.78, 5) is 44.8. The number of carboxylic acid groups (broad SMARTS) is 1. The number of quaternary nitrogens is 1. The molecular formula is C51H104ClN8O8P. The topological polar surface area (TPSA) is 187 Å². The summed E-state index contributed by atoms with van der Waals surface area (Å²) in [5.74, 6) is -0.201. The predicted molar refractivity (Wildman–Crippen MR) is 277 cm³/mol. The van der Waals surface area contributed by atoms with Crippen molar-refractivity contribution in [1.82, 2.24) is 29.6 Å². The lowest BCUT2D eigenvalue weighted by molar-refractivity contribution is -0.858. The van der Waals surface area contributed by atoms with Crippen LogP contribution in [0.3, 0.4) is 0 Å². The number of rotatable bonds is 29. The smallest absolute Gasteiger partial charge is 0.303 e. The average molecular weight is 1020 g/mol. The van der Waals surface area contributed by atoms with Crippen LogP contribution in [-0.2, 0) is 23.4 Å². The lowest BCUT2D eigenvalue weighted by Gasteiger charge is -2.36. The molecule has 5 N–H and O–H groups in total. The summed E-state index contributed by atoms with van der Waals surface area (Å²) in [5.41, 5.74) is 0. The van der Waals surface area contributed by atoms with E-state index in [1.54, 1.807) is 0 Å². The second-order valence-corrected chi connectivity index (χ2v) is 21.8. The van der Waals surface area contributed by atoms with Gasteiger partial charge in [0.1, 0.15) is 0 Å². The third-order valence-corrected chi connectivity index (χ3v) is 14.7. The molecule has 2 amide bonds. The molecule has 0 aromatic carbocycles. The van der Waals surface area contributed by atoms with Gasteiger partial charge in [0, 0.05) is 69.1 Å². The Morgan fingerprint density at radius 3 is 1.67 bits per heavy atom. The summed E-state index contributed by atoms with van der Waals surface area (Å²) in [7, 11) is 11.3. The van der Waals surface area contributed by atoms with Gasteiger partial charge in [-0.25, -0.2) is 4.67 Å². The number of likely N-dealkylation sites (tertiary alicyclic amines) is 2. The molecule has 0 saturated carbocycles. The monoisotopic (exact) mass is 1020 g/mol. The molecule has 3 aliphatic heterocycles. The number of carbonyl (C=O) groups excluding carboxylic acids is 2. The highest BCUT2D eigenvalue weighted by Gasteiger charge is 2.38. The van der Waals surface area contributed by atoms with Crippen molar-refractivity contribution in [2.24, 2.45) is 0 Å². The molecule has 16 nitrogen and oxygen atoms in total. The van der Waals surface area contributed by atoms with Crippen molar-refractivity contribution >= 4 is 26.3 Å². The molecule has 0 bridgehead atoms. The molecule has 0 aromatic heterocycles. The number of halogens is 1. The number of aliphatic hydroxyl groups excluding tert-OH is 2. The van der Waals surface area contributed by atoms with Gasteiger partial charge < -0.3 is 66.6 Å². The number of amides is 2. The number of carbonyl (C=O) groups is 3. The Hall–Kier alpha value is -1.74. The van der Waals surface area contributed by atoms with Gasteiger partial charge in [-0.1, -0.05) is 33.6 Å². The van der Waals surface area contributed by atoms with Crippen molar-refractivity contribution in [2.75, 3.05) is 88.2 Å². The van der Waals surface area contributed by atoms with E-state index in [0.29, 0.717) is 51.4 Å². The first kappa shape index (κ1) is 69.3. The molecule has 3 saturated heterocycles. The third kappa shape index (κ3) is 33.6. The Balaban J connectivity index is 0. The quantitative estimate of drug-likeness (QED) is 0.0545. The van der Waals surface area contributed by atoms with Crippen LogP contribution >= 0.6 is 8.53 Å². The first-order chi connectivity index (χ1) is 32.2. The number of carboxylic acids is 1.